The summed E-state index contributed by atoms with van der Waals surface area (Å²) in [6.07, 6.45) is 4.16. The summed E-state index contributed by atoms with van der Waals surface area (Å²) in [7, 11) is -3.75. The van der Waals surface area contributed by atoms with E-state index in [0.29, 0.717) is 6.42 Å². The Morgan fingerprint density at radius 3 is 2.48 bits per heavy atom. The summed E-state index contributed by atoms with van der Waals surface area (Å²) in [5.41, 5.74) is 0. The van der Waals surface area contributed by atoms with Crippen LogP contribution in [-0.2, 0) is 14.8 Å². The molecule has 1 aliphatic heterocycles. The molecular formula is C15H19NO4S. The summed E-state index contributed by atoms with van der Waals surface area (Å²) < 4.78 is 27.0. The fourth-order valence-electron chi connectivity index (χ4n) is 3.69. The molecule has 5 nitrogen and oxygen atoms in total. The second-order valence-corrected chi connectivity index (χ2v) is 7.69. The highest BCUT2D eigenvalue weighted by molar-refractivity contribution is 7.89. The number of benzene rings is 1. The average Bonchev–Trinajstić information content (AvgIpc) is 2.88. The number of hydrogen-bond acceptors (Lipinski definition) is 3. The Labute approximate surface area is 124 Å². The molecule has 0 spiro atoms. The van der Waals surface area contributed by atoms with Gasteiger partial charge in [0.25, 0.3) is 0 Å². The molecule has 21 heavy (non-hydrogen) atoms. The first kappa shape index (κ1) is 14.5. The molecule has 0 amide bonds. The van der Waals surface area contributed by atoms with Gasteiger partial charge in [-0.1, -0.05) is 31.0 Å². The smallest absolute Gasteiger partial charge is 0.322 e. The molecule has 1 aliphatic carbocycles. The lowest BCUT2D eigenvalue weighted by Gasteiger charge is -2.32. The molecule has 114 valence electrons. The van der Waals surface area contributed by atoms with E-state index in [0.717, 1.165) is 25.7 Å². The Kier molecular flexibility index (Phi) is 3.75. The van der Waals surface area contributed by atoms with E-state index in [9.17, 15) is 18.3 Å². The third-order valence-electron chi connectivity index (χ3n) is 4.63. The molecule has 2 aliphatic rings. The maximum Gasteiger partial charge on any atom is 0.322 e. The van der Waals surface area contributed by atoms with Gasteiger partial charge < -0.3 is 5.11 Å². The van der Waals surface area contributed by atoms with Crippen LogP contribution in [0.15, 0.2) is 35.2 Å². The number of hydrogen-bond donors (Lipinski definition) is 1. The lowest BCUT2D eigenvalue weighted by atomic mass is 9.85. The number of fused-ring (bicyclic) bond motifs is 1. The van der Waals surface area contributed by atoms with Crippen molar-refractivity contribution in [2.45, 2.75) is 49.1 Å². The van der Waals surface area contributed by atoms with E-state index < -0.39 is 22.0 Å². The van der Waals surface area contributed by atoms with Crippen molar-refractivity contribution in [1.82, 2.24) is 4.31 Å². The monoisotopic (exact) mass is 309 g/mol. The Morgan fingerprint density at radius 1 is 1.14 bits per heavy atom. The summed E-state index contributed by atoms with van der Waals surface area (Å²) in [4.78, 5) is 11.7. The maximum absolute atomic E-state index is 12.9. The number of nitrogens with zero attached hydrogens (tertiary/aromatic N) is 1. The second-order valence-electron chi connectivity index (χ2n) is 5.85. The highest BCUT2D eigenvalue weighted by Crippen LogP contribution is 2.42. The minimum Gasteiger partial charge on any atom is -0.480 e. The molecule has 6 heteroatoms. The van der Waals surface area contributed by atoms with Gasteiger partial charge in [-0.25, -0.2) is 8.42 Å². The van der Waals surface area contributed by atoms with E-state index in [4.69, 9.17) is 0 Å². The Bertz CT molecular complexity index is 628. The molecule has 1 saturated heterocycles. The van der Waals surface area contributed by atoms with Gasteiger partial charge in [-0.15, -0.1) is 0 Å². The molecule has 0 aromatic heterocycles. The van der Waals surface area contributed by atoms with Gasteiger partial charge in [0, 0.05) is 6.04 Å². The Morgan fingerprint density at radius 2 is 1.81 bits per heavy atom. The van der Waals surface area contributed by atoms with E-state index in [2.05, 4.69) is 0 Å². The normalized spacial score (nSPS) is 30.0. The zero-order valence-corrected chi connectivity index (χ0v) is 12.5. The van der Waals surface area contributed by atoms with Crippen LogP contribution in [0.5, 0.6) is 0 Å². The molecule has 3 atom stereocenters. The number of sulfonamides is 1. The fraction of sp³-hybridized carbons (Fsp3) is 0.533. The van der Waals surface area contributed by atoms with Crippen molar-refractivity contribution in [3.63, 3.8) is 0 Å². The van der Waals surface area contributed by atoms with Gasteiger partial charge in [-0.05, 0) is 37.3 Å². The second kappa shape index (κ2) is 5.42. The standard InChI is InChI=1S/C15H19NO4S/c17-15(18)14-10-11-6-4-5-9-13(11)16(14)21(19,20)12-7-2-1-3-8-12/h1-3,7-8,11,13-14H,4-6,9-10H2,(H,17,18)/t11-,13-,14-/m1/s1. The molecule has 3 rings (SSSR count). The van der Waals surface area contributed by atoms with E-state index in [1.807, 2.05) is 0 Å². The molecule has 1 aromatic carbocycles. The largest absolute Gasteiger partial charge is 0.480 e. The highest BCUT2D eigenvalue weighted by atomic mass is 32.2. The van der Waals surface area contributed by atoms with Crippen molar-refractivity contribution in [3.05, 3.63) is 30.3 Å². The summed E-state index contributed by atoms with van der Waals surface area (Å²) in [5, 5.41) is 9.43. The summed E-state index contributed by atoms with van der Waals surface area (Å²) in [5.74, 6) is -0.859. The van der Waals surface area contributed by atoms with E-state index in [1.165, 1.54) is 16.4 Å². The van der Waals surface area contributed by atoms with Gasteiger partial charge in [-0.2, -0.15) is 4.31 Å². The van der Waals surface area contributed by atoms with Crippen LogP contribution in [0, 0.1) is 5.92 Å². The van der Waals surface area contributed by atoms with Gasteiger partial charge in [0.05, 0.1) is 4.90 Å². The van der Waals surface area contributed by atoms with Crippen molar-refractivity contribution in [2.24, 2.45) is 5.92 Å². The van der Waals surface area contributed by atoms with Gasteiger partial charge in [0.2, 0.25) is 10.0 Å². The lowest BCUT2D eigenvalue weighted by Crippen LogP contribution is -2.46. The van der Waals surface area contributed by atoms with Gasteiger partial charge >= 0.3 is 5.97 Å². The predicted octanol–water partition coefficient (Wildman–Crippen LogP) is 2.09. The van der Waals surface area contributed by atoms with Crippen molar-refractivity contribution >= 4 is 16.0 Å². The third-order valence-corrected chi connectivity index (χ3v) is 6.58. The molecule has 0 radical (unpaired) electrons. The molecule has 0 unspecified atom stereocenters. The summed E-state index contributed by atoms with van der Waals surface area (Å²) in [6.45, 7) is 0. The van der Waals surface area contributed by atoms with E-state index >= 15 is 0 Å². The van der Waals surface area contributed by atoms with Crippen LogP contribution in [0.4, 0.5) is 0 Å². The van der Waals surface area contributed by atoms with Crippen LogP contribution < -0.4 is 0 Å². The highest BCUT2D eigenvalue weighted by Gasteiger charge is 2.51. The molecule has 1 aromatic rings. The molecule has 2 fully saturated rings. The number of rotatable bonds is 3. The molecule has 1 heterocycles. The first-order valence-corrected chi connectivity index (χ1v) is 8.77. The SMILES string of the molecule is O=C(O)[C@H]1C[C@H]2CCCC[C@H]2N1S(=O)(=O)c1ccccc1. The maximum atomic E-state index is 12.9. The predicted molar refractivity (Wildman–Crippen MR) is 77.3 cm³/mol. The first-order valence-electron chi connectivity index (χ1n) is 7.33. The van der Waals surface area contributed by atoms with E-state index in [-0.39, 0.29) is 16.9 Å². The Hall–Kier alpha value is -1.40. The average molecular weight is 309 g/mol. The van der Waals surface area contributed by atoms with Gasteiger partial charge in [0.1, 0.15) is 6.04 Å². The van der Waals surface area contributed by atoms with Crippen LogP contribution in [-0.4, -0.2) is 35.9 Å². The van der Waals surface area contributed by atoms with Crippen molar-refractivity contribution in [3.8, 4) is 0 Å². The number of carboxylic acids is 1. The minimum absolute atomic E-state index is 0.162. The van der Waals surface area contributed by atoms with Crippen LogP contribution >= 0.6 is 0 Å². The van der Waals surface area contributed by atoms with Crippen LogP contribution in [0.1, 0.15) is 32.1 Å². The first-order chi connectivity index (χ1) is 10.0. The molecule has 0 bridgehead atoms. The lowest BCUT2D eigenvalue weighted by molar-refractivity contribution is -0.141. The van der Waals surface area contributed by atoms with Crippen molar-refractivity contribution in [1.29, 1.82) is 0 Å². The Balaban J connectivity index is 2.02. The quantitative estimate of drug-likeness (QED) is 0.928. The summed E-state index contributed by atoms with van der Waals surface area (Å²) >= 11 is 0. The van der Waals surface area contributed by atoms with Crippen LogP contribution in [0.25, 0.3) is 0 Å². The summed E-state index contributed by atoms with van der Waals surface area (Å²) in [6, 6.07) is 7.05. The van der Waals surface area contributed by atoms with Crippen LogP contribution in [0.3, 0.4) is 0 Å². The van der Waals surface area contributed by atoms with Gasteiger partial charge in [0.15, 0.2) is 0 Å². The van der Waals surface area contributed by atoms with Gasteiger partial charge in [-0.3, -0.25) is 4.79 Å². The fourth-order valence-corrected chi connectivity index (χ4v) is 5.58. The number of carbonyl (C=O) groups is 1. The topological polar surface area (TPSA) is 74.7 Å². The number of carboxylic acid groups (broad SMARTS) is 1. The molecule has 1 N–H and O–H groups in total. The van der Waals surface area contributed by atoms with Crippen molar-refractivity contribution < 1.29 is 18.3 Å². The minimum atomic E-state index is -3.75. The number of aliphatic carboxylic acids is 1. The zero-order chi connectivity index (χ0) is 15.0. The molecular weight excluding hydrogens is 290 g/mol. The third kappa shape index (κ3) is 2.46. The molecule has 1 saturated carbocycles. The van der Waals surface area contributed by atoms with Crippen LogP contribution in [0.2, 0.25) is 0 Å². The zero-order valence-electron chi connectivity index (χ0n) is 11.7. The van der Waals surface area contributed by atoms with Crippen molar-refractivity contribution in [2.75, 3.05) is 0 Å². The van der Waals surface area contributed by atoms with E-state index in [1.54, 1.807) is 18.2 Å².